The topological polar surface area (TPSA) is 126 Å². The van der Waals surface area contributed by atoms with Gasteiger partial charge in [-0.2, -0.15) is 4.98 Å². The van der Waals surface area contributed by atoms with Crippen LogP contribution in [0, 0.1) is 13.8 Å². The molecule has 0 spiro atoms. The number of rotatable bonds is 2. The molecule has 2 amide bonds. The second-order valence-electron chi connectivity index (χ2n) is 6.01. The molecule has 0 radical (unpaired) electrons. The Morgan fingerprint density at radius 3 is 2.73 bits per heavy atom. The van der Waals surface area contributed by atoms with Crippen LogP contribution in [0.25, 0.3) is 10.3 Å². The Balaban J connectivity index is 1.45. The van der Waals surface area contributed by atoms with Crippen molar-refractivity contribution in [2.24, 2.45) is 0 Å². The van der Waals surface area contributed by atoms with Gasteiger partial charge in [0.1, 0.15) is 16.9 Å². The van der Waals surface area contributed by atoms with Crippen LogP contribution in [0.3, 0.4) is 0 Å². The van der Waals surface area contributed by atoms with Gasteiger partial charge < -0.3 is 25.4 Å². The Labute approximate surface area is 153 Å². The Hall–Kier alpha value is -2.95. The number of aryl methyl sites for hydroxylation is 2. The van der Waals surface area contributed by atoms with Crippen molar-refractivity contribution in [3.63, 3.8) is 0 Å². The molecule has 0 saturated carbocycles. The molecule has 3 aromatic rings. The van der Waals surface area contributed by atoms with E-state index in [0.717, 1.165) is 16.2 Å². The van der Waals surface area contributed by atoms with Crippen LogP contribution in [0.1, 0.15) is 11.5 Å². The van der Waals surface area contributed by atoms with E-state index in [0.29, 0.717) is 43.3 Å². The molecule has 0 aromatic carbocycles. The lowest BCUT2D eigenvalue weighted by Crippen LogP contribution is -2.50. The van der Waals surface area contributed by atoms with E-state index in [9.17, 15) is 4.79 Å². The molecule has 4 rings (SSSR count). The first-order valence-corrected chi connectivity index (χ1v) is 9.01. The number of nitrogen functional groups attached to an aromatic ring is 1. The maximum Gasteiger partial charge on any atom is 0.322 e. The standard InChI is InChI=1S/C15H18N8O2S/c1-8-10(9(2)25-21-8)18-15(24)23-5-3-22(4-6-23)12-11-13(26-7-17-11)20-14(16)19-12/h7H,3-6H2,1-2H3,(H,18,24)(H2,16,19,20). The van der Waals surface area contributed by atoms with Gasteiger partial charge in [0.25, 0.3) is 0 Å². The number of thiazole rings is 1. The van der Waals surface area contributed by atoms with Gasteiger partial charge in [0, 0.05) is 26.2 Å². The van der Waals surface area contributed by atoms with E-state index in [1.54, 1.807) is 24.3 Å². The molecule has 0 atom stereocenters. The molecule has 11 heteroatoms. The number of carbonyl (C=O) groups is 1. The lowest BCUT2D eigenvalue weighted by atomic mass is 10.3. The lowest BCUT2D eigenvalue weighted by molar-refractivity contribution is 0.208. The molecule has 1 saturated heterocycles. The normalized spacial score (nSPS) is 14.8. The predicted octanol–water partition coefficient (Wildman–Crippen LogP) is 1.63. The summed E-state index contributed by atoms with van der Waals surface area (Å²) in [4.78, 5) is 30.0. The molecule has 0 bridgehead atoms. The van der Waals surface area contributed by atoms with Crippen LogP contribution < -0.4 is 16.0 Å². The first-order chi connectivity index (χ1) is 12.5. The van der Waals surface area contributed by atoms with E-state index in [2.05, 4.69) is 30.3 Å². The molecule has 0 unspecified atom stereocenters. The highest BCUT2D eigenvalue weighted by Crippen LogP contribution is 2.27. The number of fused-ring (bicyclic) bond motifs is 1. The average molecular weight is 374 g/mol. The maximum atomic E-state index is 12.5. The molecule has 3 aromatic heterocycles. The highest BCUT2D eigenvalue weighted by molar-refractivity contribution is 7.16. The maximum absolute atomic E-state index is 12.5. The Morgan fingerprint density at radius 2 is 2.04 bits per heavy atom. The first kappa shape index (κ1) is 16.5. The quantitative estimate of drug-likeness (QED) is 0.693. The number of carbonyl (C=O) groups excluding carboxylic acids is 1. The Morgan fingerprint density at radius 1 is 1.27 bits per heavy atom. The second-order valence-corrected chi connectivity index (χ2v) is 6.85. The summed E-state index contributed by atoms with van der Waals surface area (Å²) in [5.41, 5.74) is 9.58. The van der Waals surface area contributed by atoms with E-state index in [1.807, 2.05) is 0 Å². The number of anilines is 3. The van der Waals surface area contributed by atoms with Crippen LogP contribution >= 0.6 is 11.3 Å². The van der Waals surface area contributed by atoms with Crippen molar-refractivity contribution in [1.82, 2.24) is 25.0 Å². The number of nitrogens with one attached hydrogen (secondary N) is 1. The third-order valence-electron chi connectivity index (χ3n) is 4.33. The number of aromatic nitrogens is 4. The number of amides is 2. The minimum Gasteiger partial charge on any atom is -0.368 e. The third-order valence-corrected chi connectivity index (χ3v) is 5.05. The number of hydrogen-bond donors (Lipinski definition) is 2. The fourth-order valence-corrected chi connectivity index (χ4v) is 3.61. The van der Waals surface area contributed by atoms with Crippen LogP contribution in [-0.2, 0) is 0 Å². The predicted molar refractivity (Wildman–Crippen MR) is 98.4 cm³/mol. The molecule has 1 fully saturated rings. The Bertz CT molecular complexity index is 940. The molecule has 1 aliphatic rings. The van der Waals surface area contributed by atoms with Gasteiger partial charge in [-0.3, -0.25) is 0 Å². The fraction of sp³-hybridized carbons (Fsp3) is 0.400. The minimum atomic E-state index is -0.167. The number of nitrogens with two attached hydrogens (primary N) is 1. The largest absolute Gasteiger partial charge is 0.368 e. The number of piperazine rings is 1. The smallest absolute Gasteiger partial charge is 0.322 e. The van der Waals surface area contributed by atoms with Crippen LogP contribution in [0.2, 0.25) is 0 Å². The molecular weight excluding hydrogens is 356 g/mol. The summed E-state index contributed by atoms with van der Waals surface area (Å²) in [5.74, 6) is 1.55. The van der Waals surface area contributed by atoms with Gasteiger partial charge in [-0.15, -0.1) is 11.3 Å². The van der Waals surface area contributed by atoms with Gasteiger partial charge in [0.05, 0.1) is 5.51 Å². The fourth-order valence-electron chi connectivity index (χ4n) is 2.95. The highest BCUT2D eigenvalue weighted by atomic mass is 32.1. The van der Waals surface area contributed by atoms with E-state index in [1.165, 1.54) is 11.3 Å². The molecule has 4 heterocycles. The van der Waals surface area contributed by atoms with Crippen LogP contribution in [-0.4, -0.2) is 57.2 Å². The van der Waals surface area contributed by atoms with Gasteiger partial charge in [0.15, 0.2) is 16.4 Å². The summed E-state index contributed by atoms with van der Waals surface area (Å²) in [6.07, 6.45) is 0. The molecule has 1 aliphatic heterocycles. The summed E-state index contributed by atoms with van der Waals surface area (Å²) in [7, 11) is 0. The zero-order valence-corrected chi connectivity index (χ0v) is 15.2. The number of urea groups is 1. The van der Waals surface area contributed by atoms with E-state index in [-0.39, 0.29) is 12.0 Å². The SMILES string of the molecule is Cc1noc(C)c1NC(=O)N1CCN(c2nc(N)nc3scnc23)CC1. The van der Waals surface area contributed by atoms with E-state index < -0.39 is 0 Å². The van der Waals surface area contributed by atoms with Gasteiger partial charge in [-0.05, 0) is 13.8 Å². The zero-order chi connectivity index (χ0) is 18.3. The summed E-state index contributed by atoms with van der Waals surface area (Å²) in [5, 5.41) is 6.72. The van der Waals surface area contributed by atoms with Crippen molar-refractivity contribution in [2.75, 3.05) is 42.1 Å². The molecule has 26 heavy (non-hydrogen) atoms. The molecule has 3 N–H and O–H groups in total. The van der Waals surface area contributed by atoms with Crippen molar-refractivity contribution in [3.05, 3.63) is 17.0 Å². The van der Waals surface area contributed by atoms with Crippen molar-refractivity contribution >= 4 is 45.2 Å². The first-order valence-electron chi connectivity index (χ1n) is 8.13. The molecule has 10 nitrogen and oxygen atoms in total. The Kier molecular flexibility index (Phi) is 4.07. The van der Waals surface area contributed by atoms with E-state index in [4.69, 9.17) is 10.3 Å². The average Bonchev–Trinajstić information content (AvgIpc) is 3.22. The van der Waals surface area contributed by atoms with Crippen LogP contribution in [0.15, 0.2) is 10.0 Å². The van der Waals surface area contributed by atoms with Gasteiger partial charge in [-0.25, -0.2) is 14.8 Å². The summed E-state index contributed by atoms with van der Waals surface area (Å²) in [6, 6.07) is -0.167. The lowest BCUT2D eigenvalue weighted by Gasteiger charge is -2.35. The molecule has 136 valence electrons. The molecular formula is C15H18N8O2S. The summed E-state index contributed by atoms with van der Waals surface area (Å²) in [6.45, 7) is 5.96. The third kappa shape index (κ3) is 2.90. The number of hydrogen-bond acceptors (Lipinski definition) is 9. The molecule has 0 aliphatic carbocycles. The minimum absolute atomic E-state index is 0.167. The van der Waals surface area contributed by atoms with Gasteiger partial charge in [-0.1, -0.05) is 5.16 Å². The van der Waals surface area contributed by atoms with Crippen molar-refractivity contribution in [2.45, 2.75) is 13.8 Å². The van der Waals surface area contributed by atoms with Crippen LogP contribution in [0.4, 0.5) is 22.2 Å². The van der Waals surface area contributed by atoms with Crippen molar-refractivity contribution in [3.8, 4) is 0 Å². The summed E-state index contributed by atoms with van der Waals surface area (Å²) < 4.78 is 5.08. The monoisotopic (exact) mass is 374 g/mol. The highest BCUT2D eigenvalue weighted by Gasteiger charge is 2.25. The van der Waals surface area contributed by atoms with Crippen LogP contribution in [0.5, 0.6) is 0 Å². The van der Waals surface area contributed by atoms with E-state index >= 15 is 0 Å². The second kappa shape index (κ2) is 6.41. The van der Waals surface area contributed by atoms with Crippen molar-refractivity contribution < 1.29 is 9.32 Å². The number of nitrogens with zero attached hydrogens (tertiary/aromatic N) is 6. The summed E-state index contributed by atoms with van der Waals surface area (Å²) >= 11 is 1.43. The van der Waals surface area contributed by atoms with Gasteiger partial charge in [0.2, 0.25) is 5.95 Å². The zero-order valence-electron chi connectivity index (χ0n) is 14.4. The van der Waals surface area contributed by atoms with Crippen molar-refractivity contribution in [1.29, 1.82) is 0 Å². The van der Waals surface area contributed by atoms with Gasteiger partial charge >= 0.3 is 6.03 Å².